The van der Waals surface area contributed by atoms with Crippen molar-refractivity contribution in [3.8, 4) is 11.3 Å². The lowest BCUT2D eigenvalue weighted by atomic mass is 9.99. The molecule has 5 rings (SSSR count). The zero-order chi connectivity index (χ0) is 21.2. The van der Waals surface area contributed by atoms with E-state index in [2.05, 4.69) is 81.5 Å². The monoisotopic (exact) mass is 429 g/mol. The van der Waals surface area contributed by atoms with E-state index in [1.807, 2.05) is 12.3 Å². The fourth-order valence-corrected chi connectivity index (χ4v) is 5.17. The second-order valence-corrected chi connectivity index (χ2v) is 9.27. The lowest BCUT2D eigenvalue weighted by molar-refractivity contribution is 0.438. The first-order chi connectivity index (χ1) is 15.2. The summed E-state index contributed by atoms with van der Waals surface area (Å²) in [5.74, 6) is 1.45. The van der Waals surface area contributed by atoms with Gasteiger partial charge in [-0.2, -0.15) is 0 Å². The van der Waals surface area contributed by atoms with Gasteiger partial charge in [-0.25, -0.2) is 9.97 Å². The summed E-state index contributed by atoms with van der Waals surface area (Å²) in [6, 6.07) is 17.0. The Hall–Kier alpha value is -2.99. The van der Waals surface area contributed by atoms with Crippen molar-refractivity contribution in [2.45, 2.75) is 24.7 Å². The van der Waals surface area contributed by atoms with Gasteiger partial charge in [0.05, 0.1) is 16.3 Å². The normalized spacial score (nSPS) is 15.9. The van der Waals surface area contributed by atoms with Gasteiger partial charge in [0.1, 0.15) is 0 Å². The van der Waals surface area contributed by atoms with Gasteiger partial charge in [-0.15, -0.1) is 6.58 Å². The molecule has 1 fully saturated rings. The van der Waals surface area contributed by atoms with Crippen molar-refractivity contribution in [2.75, 3.05) is 34.2 Å². The largest absolute Gasteiger partial charge is 0.372 e. The average Bonchev–Trinajstić information content (AvgIpc) is 2.81. The van der Waals surface area contributed by atoms with Crippen LogP contribution in [0.25, 0.3) is 11.3 Å². The van der Waals surface area contributed by atoms with Gasteiger partial charge in [0.25, 0.3) is 0 Å². The molecule has 0 aliphatic carbocycles. The zero-order valence-electron chi connectivity index (χ0n) is 17.8. The number of anilines is 4. The molecule has 0 atom stereocenters. The Bertz CT molecular complexity index is 1070. The Morgan fingerprint density at radius 2 is 1.90 bits per heavy atom. The van der Waals surface area contributed by atoms with Crippen LogP contribution in [0, 0.1) is 5.92 Å². The van der Waals surface area contributed by atoms with Crippen molar-refractivity contribution in [3.05, 3.63) is 67.4 Å². The number of para-hydroxylation sites is 1. The molecule has 2 aliphatic heterocycles. The number of hydrogen-bond donors (Lipinski definition) is 1. The maximum atomic E-state index is 4.86. The van der Waals surface area contributed by atoms with Gasteiger partial charge in [0.15, 0.2) is 0 Å². The van der Waals surface area contributed by atoms with Crippen LogP contribution in [0.4, 0.5) is 23.0 Å². The lowest BCUT2D eigenvalue weighted by Crippen LogP contribution is -2.32. The molecule has 6 heteroatoms. The molecular formula is C25H27N5S. The molecule has 0 saturated carbocycles. The molecule has 0 unspecified atom stereocenters. The van der Waals surface area contributed by atoms with Crippen LogP contribution >= 0.6 is 11.9 Å². The molecule has 1 saturated heterocycles. The molecule has 0 spiro atoms. The first-order valence-electron chi connectivity index (χ1n) is 10.9. The van der Waals surface area contributed by atoms with Gasteiger partial charge in [0, 0.05) is 42.8 Å². The van der Waals surface area contributed by atoms with E-state index in [4.69, 9.17) is 4.98 Å². The summed E-state index contributed by atoms with van der Waals surface area (Å²) < 4.78 is 2.22. The minimum absolute atomic E-state index is 0.617. The summed E-state index contributed by atoms with van der Waals surface area (Å²) in [6.45, 7) is 9.28. The number of benzene rings is 2. The van der Waals surface area contributed by atoms with Crippen molar-refractivity contribution >= 4 is 35.0 Å². The van der Waals surface area contributed by atoms with Gasteiger partial charge < -0.3 is 14.5 Å². The van der Waals surface area contributed by atoms with E-state index in [-0.39, 0.29) is 0 Å². The van der Waals surface area contributed by atoms with Crippen LogP contribution in [-0.4, -0.2) is 29.6 Å². The van der Waals surface area contributed by atoms with Crippen LogP contribution in [0.15, 0.2) is 72.3 Å². The Kier molecular flexibility index (Phi) is 5.55. The van der Waals surface area contributed by atoms with Crippen molar-refractivity contribution < 1.29 is 0 Å². The molecule has 0 bridgehead atoms. The third-order valence-corrected chi connectivity index (χ3v) is 7.02. The zero-order valence-corrected chi connectivity index (χ0v) is 18.6. The highest BCUT2D eigenvalue weighted by atomic mass is 32.2. The molecular weight excluding hydrogens is 402 g/mol. The number of piperidine rings is 1. The van der Waals surface area contributed by atoms with Gasteiger partial charge in [0.2, 0.25) is 5.95 Å². The lowest BCUT2D eigenvalue weighted by Gasteiger charge is -2.32. The minimum atomic E-state index is 0.617. The number of hydrogen-bond acceptors (Lipinski definition) is 6. The molecule has 158 valence electrons. The number of fused-ring (bicyclic) bond motifs is 3. The molecule has 1 aromatic heterocycles. The van der Waals surface area contributed by atoms with Gasteiger partial charge in [-0.3, -0.25) is 0 Å². The first kappa shape index (κ1) is 19.9. The Morgan fingerprint density at radius 1 is 1.13 bits per heavy atom. The summed E-state index contributed by atoms with van der Waals surface area (Å²) in [5.41, 5.74) is 5.54. The van der Waals surface area contributed by atoms with Crippen LogP contribution in [0.1, 0.15) is 19.8 Å². The van der Waals surface area contributed by atoms with Gasteiger partial charge in [-0.05, 0) is 61.0 Å². The predicted molar refractivity (Wildman–Crippen MR) is 131 cm³/mol. The van der Waals surface area contributed by atoms with Crippen LogP contribution in [0.5, 0.6) is 0 Å². The smallest absolute Gasteiger partial charge is 0.227 e. The molecule has 31 heavy (non-hydrogen) atoms. The van der Waals surface area contributed by atoms with Crippen molar-refractivity contribution in [3.63, 3.8) is 0 Å². The summed E-state index contributed by atoms with van der Waals surface area (Å²) in [5, 5.41) is 3.38. The van der Waals surface area contributed by atoms with Crippen LogP contribution in [-0.2, 0) is 0 Å². The van der Waals surface area contributed by atoms with Crippen molar-refractivity contribution in [2.24, 2.45) is 5.92 Å². The fraction of sp³-hybridized carbons (Fsp3) is 0.280. The Morgan fingerprint density at radius 3 is 2.68 bits per heavy atom. The van der Waals surface area contributed by atoms with E-state index < -0.39 is 0 Å². The van der Waals surface area contributed by atoms with Crippen LogP contribution < -0.4 is 14.5 Å². The summed E-state index contributed by atoms with van der Waals surface area (Å²) in [6.07, 6.45) is 6.36. The maximum absolute atomic E-state index is 4.86. The topological polar surface area (TPSA) is 44.3 Å². The van der Waals surface area contributed by atoms with E-state index in [1.165, 1.54) is 18.5 Å². The Balaban J connectivity index is 1.36. The quantitative estimate of drug-likeness (QED) is 0.388. The molecule has 2 aliphatic rings. The van der Waals surface area contributed by atoms with Crippen molar-refractivity contribution in [1.82, 2.24) is 9.97 Å². The number of rotatable bonds is 5. The first-order valence-corrected chi connectivity index (χ1v) is 11.6. The molecule has 2 aromatic carbocycles. The average molecular weight is 430 g/mol. The maximum Gasteiger partial charge on any atom is 0.227 e. The van der Waals surface area contributed by atoms with E-state index in [0.29, 0.717) is 5.95 Å². The van der Waals surface area contributed by atoms with Crippen LogP contribution in [0.2, 0.25) is 0 Å². The molecule has 1 N–H and O–H groups in total. The highest BCUT2D eigenvalue weighted by Crippen LogP contribution is 2.45. The third-order valence-electron chi connectivity index (χ3n) is 5.96. The number of nitrogens with one attached hydrogen (secondary N) is 1. The van der Waals surface area contributed by atoms with Crippen molar-refractivity contribution in [1.29, 1.82) is 0 Å². The number of nitrogens with zero attached hydrogens (tertiary/aromatic N) is 4. The van der Waals surface area contributed by atoms with Crippen LogP contribution in [0.3, 0.4) is 0 Å². The predicted octanol–water partition coefficient (Wildman–Crippen LogP) is 6.14. The SMILES string of the molecule is C=CCN1Sc2cnc(Nc3ccc(N4CCC(C)CC4)cc3)nc2-c2ccccc21. The highest BCUT2D eigenvalue weighted by molar-refractivity contribution is 8.00. The summed E-state index contributed by atoms with van der Waals surface area (Å²) >= 11 is 1.66. The molecule has 5 nitrogen and oxygen atoms in total. The minimum Gasteiger partial charge on any atom is -0.372 e. The second kappa shape index (κ2) is 8.63. The van der Waals surface area contributed by atoms with E-state index >= 15 is 0 Å². The van der Waals surface area contributed by atoms with Gasteiger partial charge in [-0.1, -0.05) is 31.2 Å². The molecule has 3 heterocycles. The fourth-order valence-electron chi connectivity index (χ4n) is 4.15. The van der Waals surface area contributed by atoms with E-state index in [1.54, 1.807) is 11.9 Å². The Labute approximate surface area is 188 Å². The molecule has 0 radical (unpaired) electrons. The molecule has 0 amide bonds. The highest BCUT2D eigenvalue weighted by Gasteiger charge is 2.24. The number of aromatic nitrogens is 2. The third kappa shape index (κ3) is 4.12. The van der Waals surface area contributed by atoms with E-state index in [9.17, 15) is 0 Å². The second-order valence-electron chi connectivity index (χ2n) is 8.21. The van der Waals surface area contributed by atoms with Gasteiger partial charge >= 0.3 is 0 Å². The molecule has 3 aromatic rings. The summed E-state index contributed by atoms with van der Waals surface area (Å²) in [7, 11) is 0. The summed E-state index contributed by atoms with van der Waals surface area (Å²) in [4.78, 5) is 13.0. The standard InChI is InChI=1S/C25H27N5S/c1-3-14-30-22-7-5-4-6-21(22)24-23(31-30)17-26-25(28-24)27-19-8-10-20(11-9-19)29-15-12-18(2)13-16-29/h3-11,17-18H,1,12-16H2,2H3,(H,26,27,28). The van der Waals surface area contributed by atoms with E-state index in [0.717, 1.165) is 53.1 Å².